The van der Waals surface area contributed by atoms with Crippen molar-refractivity contribution in [3.63, 3.8) is 0 Å². The van der Waals surface area contributed by atoms with E-state index >= 15 is 0 Å². The van der Waals surface area contributed by atoms with Gasteiger partial charge in [-0.15, -0.1) is 24.0 Å². The van der Waals surface area contributed by atoms with Crippen LogP contribution in [0.25, 0.3) is 0 Å². The number of aliphatic imine (C=N–C) groups is 1. The minimum absolute atomic E-state index is 0. The smallest absolute Gasteiger partial charge is 0.251 e. The number of carbonyl (C=O) groups excluding carboxylic acids is 1. The third-order valence-electron chi connectivity index (χ3n) is 5.01. The summed E-state index contributed by atoms with van der Waals surface area (Å²) < 4.78 is 5.26. The lowest BCUT2D eigenvalue weighted by Crippen LogP contribution is -2.39. The Hall–Kier alpha value is -2.33. The number of nitrogens with one attached hydrogen (secondary N) is 3. The zero-order chi connectivity index (χ0) is 22.6. The molecule has 176 valence electrons. The highest BCUT2D eigenvalue weighted by Gasteiger charge is 2.14. The Kier molecular flexibility index (Phi) is 12.7. The van der Waals surface area contributed by atoms with Gasteiger partial charge in [-0.05, 0) is 62.8 Å². The van der Waals surface area contributed by atoms with E-state index in [1.807, 2.05) is 36.4 Å². The Bertz CT molecular complexity index is 856. The van der Waals surface area contributed by atoms with Crippen LogP contribution in [0.2, 0.25) is 0 Å². The van der Waals surface area contributed by atoms with Crippen LogP contribution in [0.5, 0.6) is 5.75 Å². The normalized spacial score (nSPS) is 12.0. The van der Waals surface area contributed by atoms with Gasteiger partial charge < -0.3 is 25.6 Å². The van der Waals surface area contributed by atoms with E-state index in [1.54, 1.807) is 14.2 Å². The summed E-state index contributed by atoms with van der Waals surface area (Å²) in [6, 6.07) is 16.0. The van der Waals surface area contributed by atoms with Crippen LogP contribution in [0.4, 0.5) is 0 Å². The lowest BCUT2D eigenvalue weighted by molar-refractivity contribution is 0.0963. The predicted molar refractivity (Wildman–Crippen MR) is 142 cm³/mol. The van der Waals surface area contributed by atoms with E-state index < -0.39 is 0 Å². The van der Waals surface area contributed by atoms with Crippen LogP contribution < -0.4 is 20.7 Å². The van der Waals surface area contributed by atoms with Crippen LogP contribution >= 0.6 is 24.0 Å². The molecular weight excluding hydrogens is 517 g/mol. The summed E-state index contributed by atoms with van der Waals surface area (Å²) >= 11 is 0. The summed E-state index contributed by atoms with van der Waals surface area (Å²) in [5.41, 5.74) is 2.97. The van der Waals surface area contributed by atoms with Gasteiger partial charge in [-0.25, -0.2) is 0 Å². The first kappa shape index (κ1) is 27.7. The highest BCUT2D eigenvalue weighted by atomic mass is 127. The van der Waals surface area contributed by atoms with Crippen molar-refractivity contribution < 1.29 is 9.53 Å². The molecule has 1 atom stereocenters. The Morgan fingerprint density at radius 3 is 2.44 bits per heavy atom. The molecule has 2 aromatic carbocycles. The van der Waals surface area contributed by atoms with Crippen LogP contribution in [0.3, 0.4) is 0 Å². The monoisotopic (exact) mass is 553 g/mol. The molecule has 32 heavy (non-hydrogen) atoms. The predicted octanol–water partition coefficient (Wildman–Crippen LogP) is 3.07. The van der Waals surface area contributed by atoms with Gasteiger partial charge in [0.2, 0.25) is 0 Å². The molecule has 3 N–H and O–H groups in total. The molecule has 0 radical (unpaired) electrons. The molecule has 0 aliphatic heterocycles. The fraction of sp³-hybridized carbons (Fsp3) is 0.417. The van der Waals surface area contributed by atoms with Crippen molar-refractivity contribution in [1.82, 2.24) is 20.9 Å². The van der Waals surface area contributed by atoms with Crippen molar-refractivity contribution in [2.45, 2.75) is 19.4 Å². The maximum absolute atomic E-state index is 11.8. The molecule has 0 saturated heterocycles. The van der Waals surface area contributed by atoms with E-state index in [4.69, 9.17) is 9.73 Å². The van der Waals surface area contributed by atoms with E-state index in [1.165, 1.54) is 5.56 Å². The molecule has 0 spiro atoms. The van der Waals surface area contributed by atoms with Crippen LogP contribution in [-0.4, -0.2) is 64.7 Å². The van der Waals surface area contributed by atoms with Crippen LogP contribution in [0.1, 0.15) is 34.5 Å². The molecule has 8 heteroatoms. The Balaban J connectivity index is 0.00000512. The zero-order valence-electron chi connectivity index (χ0n) is 19.6. The van der Waals surface area contributed by atoms with Crippen LogP contribution in [0, 0.1) is 0 Å². The highest BCUT2D eigenvalue weighted by Crippen LogP contribution is 2.21. The molecule has 0 aromatic heterocycles. The molecule has 0 aliphatic rings. The average molecular weight is 553 g/mol. The SMILES string of the molecule is CCNC(=NCC(c1ccc(OC)cc1)N(C)C)NCCc1cccc(C(=O)NC)c1.I. The molecule has 2 rings (SSSR count). The van der Waals surface area contributed by atoms with Crippen molar-refractivity contribution in [3.8, 4) is 5.75 Å². The molecule has 0 aliphatic carbocycles. The number of hydrogen-bond acceptors (Lipinski definition) is 4. The summed E-state index contributed by atoms with van der Waals surface area (Å²) in [6.07, 6.45) is 0.796. The van der Waals surface area contributed by atoms with E-state index in [9.17, 15) is 4.79 Å². The Labute approximate surface area is 209 Å². The quantitative estimate of drug-likeness (QED) is 0.240. The molecule has 0 heterocycles. The Morgan fingerprint density at radius 1 is 1.12 bits per heavy atom. The van der Waals surface area contributed by atoms with Crippen molar-refractivity contribution >= 4 is 35.8 Å². The maximum Gasteiger partial charge on any atom is 0.251 e. The maximum atomic E-state index is 11.8. The number of amides is 1. The van der Waals surface area contributed by atoms with E-state index in [-0.39, 0.29) is 35.9 Å². The minimum Gasteiger partial charge on any atom is -0.497 e. The number of carbonyl (C=O) groups is 1. The van der Waals surface area contributed by atoms with Crippen LogP contribution in [0.15, 0.2) is 53.5 Å². The number of hydrogen-bond donors (Lipinski definition) is 3. The van der Waals surface area contributed by atoms with Crippen molar-refractivity contribution in [1.29, 1.82) is 0 Å². The lowest BCUT2D eigenvalue weighted by atomic mass is 10.1. The third-order valence-corrected chi connectivity index (χ3v) is 5.01. The second kappa shape index (κ2) is 14.7. The molecule has 1 unspecified atom stereocenters. The first-order valence-corrected chi connectivity index (χ1v) is 10.6. The topological polar surface area (TPSA) is 78.0 Å². The number of methoxy groups -OCH3 is 1. The molecule has 0 fully saturated rings. The number of nitrogens with zero attached hydrogens (tertiary/aromatic N) is 2. The van der Waals surface area contributed by atoms with E-state index in [0.717, 1.165) is 36.8 Å². The zero-order valence-corrected chi connectivity index (χ0v) is 22.0. The average Bonchev–Trinajstić information content (AvgIpc) is 2.79. The third kappa shape index (κ3) is 8.66. The van der Waals surface area contributed by atoms with Crippen molar-refractivity contribution in [2.24, 2.45) is 4.99 Å². The van der Waals surface area contributed by atoms with Gasteiger partial charge in [0, 0.05) is 25.7 Å². The summed E-state index contributed by atoms with van der Waals surface area (Å²) in [4.78, 5) is 18.8. The second-order valence-corrected chi connectivity index (χ2v) is 7.43. The fourth-order valence-corrected chi connectivity index (χ4v) is 3.25. The van der Waals surface area contributed by atoms with Gasteiger partial charge >= 0.3 is 0 Å². The molecule has 0 saturated carbocycles. The summed E-state index contributed by atoms with van der Waals surface area (Å²) in [5, 5.41) is 9.36. The van der Waals surface area contributed by atoms with Gasteiger partial charge in [0.15, 0.2) is 5.96 Å². The molecular formula is C24H36IN5O2. The molecule has 1 amide bonds. The summed E-state index contributed by atoms with van der Waals surface area (Å²) in [7, 11) is 7.43. The highest BCUT2D eigenvalue weighted by molar-refractivity contribution is 14.0. The first-order chi connectivity index (χ1) is 15.0. The fourth-order valence-electron chi connectivity index (χ4n) is 3.25. The van der Waals surface area contributed by atoms with E-state index in [0.29, 0.717) is 12.1 Å². The standard InChI is InChI=1S/C24H35N5O2.HI/c1-6-26-24(27-15-14-18-8-7-9-20(16-18)23(30)25-2)28-17-22(29(3)4)19-10-12-21(31-5)13-11-19;/h7-13,16,22H,6,14-15,17H2,1-5H3,(H,25,30)(H2,26,27,28);1H. The number of ether oxygens (including phenoxy) is 1. The van der Waals surface area contributed by atoms with Gasteiger partial charge in [-0.2, -0.15) is 0 Å². The number of guanidine groups is 1. The minimum atomic E-state index is -0.0713. The number of benzene rings is 2. The van der Waals surface area contributed by atoms with Gasteiger partial charge in [0.05, 0.1) is 19.7 Å². The second-order valence-electron chi connectivity index (χ2n) is 7.43. The number of halogens is 1. The van der Waals surface area contributed by atoms with Crippen molar-refractivity contribution in [2.75, 3.05) is 47.9 Å². The Morgan fingerprint density at radius 2 is 1.84 bits per heavy atom. The largest absolute Gasteiger partial charge is 0.497 e. The molecule has 7 nitrogen and oxygen atoms in total. The summed E-state index contributed by atoms with van der Waals surface area (Å²) in [6.45, 7) is 4.18. The van der Waals surface area contributed by atoms with Gasteiger partial charge in [-0.1, -0.05) is 24.3 Å². The molecule has 2 aromatic rings. The van der Waals surface area contributed by atoms with Crippen LogP contribution in [-0.2, 0) is 6.42 Å². The van der Waals surface area contributed by atoms with Gasteiger partial charge in [-0.3, -0.25) is 9.79 Å². The number of likely N-dealkylation sites (N-methyl/N-ethyl adjacent to an activating group) is 1. The molecule has 0 bridgehead atoms. The lowest BCUT2D eigenvalue weighted by Gasteiger charge is -2.24. The summed E-state index contributed by atoms with van der Waals surface area (Å²) in [5.74, 6) is 1.56. The van der Waals surface area contributed by atoms with E-state index in [2.05, 4.69) is 54.0 Å². The number of rotatable bonds is 10. The van der Waals surface area contributed by atoms with Crippen molar-refractivity contribution in [3.05, 3.63) is 65.2 Å². The van der Waals surface area contributed by atoms with Gasteiger partial charge in [0.1, 0.15) is 5.75 Å². The van der Waals surface area contributed by atoms with Gasteiger partial charge in [0.25, 0.3) is 5.91 Å². The first-order valence-electron chi connectivity index (χ1n) is 10.6.